The summed E-state index contributed by atoms with van der Waals surface area (Å²) in [4.78, 5) is 0. The van der Waals surface area contributed by atoms with Gasteiger partial charge in [0.05, 0.1) is 14.2 Å². The Bertz CT molecular complexity index is 299. The molecule has 1 N–H and O–H groups in total. The lowest BCUT2D eigenvalue weighted by atomic mass is 10.3. The fraction of sp³-hybridized carbons (Fsp3) is 0.222. The Kier molecular flexibility index (Phi) is 3.14. The number of methoxy groups -OCH3 is 2. The van der Waals surface area contributed by atoms with Crippen molar-refractivity contribution in [1.29, 1.82) is 5.41 Å². The Hall–Kier alpha value is -1.71. The van der Waals surface area contributed by atoms with Crippen LogP contribution in [-0.4, -0.2) is 20.6 Å². The summed E-state index contributed by atoms with van der Waals surface area (Å²) in [5.74, 6) is 1.77. The smallest absolute Gasteiger partial charge is 0.173 e. The fourth-order valence-corrected chi connectivity index (χ4v) is 0.958. The Morgan fingerprint density at radius 2 is 1.85 bits per heavy atom. The van der Waals surface area contributed by atoms with Gasteiger partial charge in [0.25, 0.3) is 0 Å². The quantitative estimate of drug-likeness (QED) is 0.568. The molecule has 0 bridgehead atoms. The van der Waals surface area contributed by atoms with Crippen molar-refractivity contribution >= 4 is 6.40 Å². The van der Waals surface area contributed by atoms with Crippen molar-refractivity contribution in [3.63, 3.8) is 0 Å². The molecule has 13 heavy (non-hydrogen) atoms. The maximum atomic E-state index is 6.75. The summed E-state index contributed by atoms with van der Waals surface area (Å²) in [6.07, 6.45) is 0.862. The van der Waals surface area contributed by atoms with Gasteiger partial charge in [-0.3, -0.25) is 5.41 Å². The minimum atomic E-state index is 0.549. The first kappa shape index (κ1) is 9.38. The summed E-state index contributed by atoms with van der Waals surface area (Å²) in [7, 11) is 3.11. The number of benzene rings is 1. The van der Waals surface area contributed by atoms with Crippen molar-refractivity contribution in [2.45, 2.75) is 0 Å². The second-order valence-electron chi connectivity index (χ2n) is 2.25. The highest BCUT2D eigenvalue weighted by atomic mass is 16.5. The van der Waals surface area contributed by atoms with Crippen LogP contribution in [0.5, 0.6) is 17.2 Å². The summed E-state index contributed by atoms with van der Waals surface area (Å²) in [5, 5.41) is 6.75. The predicted octanol–water partition coefficient (Wildman–Crippen LogP) is 1.69. The molecule has 0 aliphatic rings. The molecule has 0 amide bonds. The van der Waals surface area contributed by atoms with E-state index < -0.39 is 0 Å². The van der Waals surface area contributed by atoms with Gasteiger partial charge in [-0.15, -0.1) is 0 Å². The molecule has 1 aromatic rings. The summed E-state index contributed by atoms with van der Waals surface area (Å²) in [6, 6.07) is 5.08. The summed E-state index contributed by atoms with van der Waals surface area (Å²) < 4.78 is 14.9. The second kappa shape index (κ2) is 4.35. The van der Waals surface area contributed by atoms with Gasteiger partial charge in [-0.2, -0.15) is 0 Å². The van der Waals surface area contributed by atoms with Crippen molar-refractivity contribution in [3.8, 4) is 17.2 Å². The minimum Gasteiger partial charge on any atom is -0.493 e. The fourth-order valence-electron chi connectivity index (χ4n) is 0.958. The van der Waals surface area contributed by atoms with Gasteiger partial charge in [0, 0.05) is 6.07 Å². The monoisotopic (exact) mass is 181 g/mol. The topological polar surface area (TPSA) is 51.5 Å². The minimum absolute atomic E-state index is 0.549. The van der Waals surface area contributed by atoms with Crippen LogP contribution in [0.3, 0.4) is 0 Å². The first-order chi connectivity index (χ1) is 6.31. The molecular weight excluding hydrogens is 170 g/mol. The lowest BCUT2D eigenvalue weighted by Crippen LogP contribution is -1.92. The van der Waals surface area contributed by atoms with Gasteiger partial charge in [-0.1, -0.05) is 0 Å². The van der Waals surface area contributed by atoms with E-state index >= 15 is 0 Å². The Morgan fingerprint density at radius 1 is 1.15 bits per heavy atom. The van der Waals surface area contributed by atoms with Crippen LogP contribution in [0.1, 0.15) is 0 Å². The van der Waals surface area contributed by atoms with Gasteiger partial charge in [-0.05, 0) is 12.1 Å². The molecule has 0 radical (unpaired) electrons. The normalized spacial score (nSPS) is 9.08. The molecular formula is C9H11NO3. The van der Waals surface area contributed by atoms with Gasteiger partial charge in [0.15, 0.2) is 17.9 Å². The van der Waals surface area contributed by atoms with Gasteiger partial charge >= 0.3 is 0 Å². The third-order valence-corrected chi connectivity index (χ3v) is 1.55. The Morgan fingerprint density at radius 3 is 2.38 bits per heavy atom. The van der Waals surface area contributed by atoms with E-state index in [1.807, 2.05) is 0 Å². The molecule has 0 spiro atoms. The number of nitrogens with one attached hydrogen (secondary N) is 1. The lowest BCUT2D eigenvalue weighted by Gasteiger charge is -2.08. The molecule has 1 rings (SSSR count). The maximum absolute atomic E-state index is 6.75. The van der Waals surface area contributed by atoms with Crippen LogP contribution in [-0.2, 0) is 0 Å². The van der Waals surface area contributed by atoms with Gasteiger partial charge in [-0.25, -0.2) is 0 Å². The summed E-state index contributed by atoms with van der Waals surface area (Å²) >= 11 is 0. The summed E-state index contributed by atoms with van der Waals surface area (Å²) in [5.41, 5.74) is 0. The highest BCUT2D eigenvalue weighted by molar-refractivity contribution is 5.52. The first-order valence-electron chi connectivity index (χ1n) is 3.69. The van der Waals surface area contributed by atoms with Crippen LogP contribution in [0.15, 0.2) is 18.2 Å². The zero-order valence-corrected chi connectivity index (χ0v) is 7.53. The molecule has 0 aliphatic heterocycles. The highest BCUT2D eigenvalue weighted by Gasteiger charge is 2.03. The molecule has 0 saturated carbocycles. The first-order valence-corrected chi connectivity index (χ1v) is 3.69. The van der Waals surface area contributed by atoms with Crippen LogP contribution in [0, 0.1) is 5.41 Å². The standard InChI is InChI=1S/C9H11NO3/c1-11-8-4-3-7(13-6-10)5-9(8)12-2/h3-6,10H,1-2H3. The summed E-state index contributed by atoms with van der Waals surface area (Å²) in [6.45, 7) is 0. The zero-order valence-electron chi connectivity index (χ0n) is 7.53. The molecule has 0 saturated heterocycles. The molecule has 0 aliphatic carbocycles. The van der Waals surface area contributed by atoms with Crippen LogP contribution < -0.4 is 14.2 Å². The number of ether oxygens (including phenoxy) is 3. The third kappa shape index (κ3) is 2.11. The van der Waals surface area contributed by atoms with E-state index in [0.29, 0.717) is 17.2 Å². The average molecular weight is 181 g/mol. The molecule has 4 heteroatoms. The molecule has 70 valence electrons. The molecule has 0 fully saturated rings. The molecule has 0 aromatic heterocycles. The molecule has 1 aromatic carbocycles. The molecule has 4 nitrogen and oxygen atoms in total. The van der Waals surface area contributed by atoms with E-state index in [4.69, 9.17) is 19.6 Å². The van der Waals surface area contributed by atoms with Crippen LogP contribution >= 0.6 is 0 Å². The van der Waals surface area contributed by atoms with E-state index in [1.165, 1.54) is 0 Å². The van der Waals surface area contributed by atoms with E-state index in [-0.39, 0.29) is 0 Å². The number of hydrogen-bond donors (Lipinski definition) is 1. The SMILES string of the molecule is COc1ccc(OC=N)cc1OC. The van der Waals surface area contributed by atoms with Crippen LogP contribution in [0.25, 0.3) is 0 Å². The maximum Gasteiger partial charge on any atom is 0.173 e. The predicted molar refractivity (Wildman–Crippen MR) is 49.0 cm³/mol. The highest BCUT2D eigenvalue weighted by Crippen LogP contribution is 2.30. The largest absolute Gasteiger partial charge is 0.493 e. The van der Waals surface area contributed by atoms with Crippen molar-refractivity contribution in [3.05, 3.63) is 18.2 Å². The van der Waals surface area contributed by atoms with E-state index in [1.54, 1.807) is 32.4 Å². The van der Waals surface area contributed by atoms with Crippen molar-refractivity contribution in [1.82, 2.24) is 0 Å². The molecule has 0 heterocycles. The molecule has 0 unspecified atom stereocenters. The van der Waals surface area contributed by atoms with Gasteiger partial charge in [0.2, 0.25) is 0 Å². The lowest BCUT2D eigenvalue weighted by molar-refractivity contribution is 0.353. The van der Waals surface area contributed by atoms with E-state index in [2.05, 4.69) is 0 Å². The van der Waals surface area contributed by atoms with Crippen LogP contribution in [0.4, 0.5) is 0 Å². The third-order valence-electron chi connectivity index (χ3n) is 1.55. The van der Waals surface area contributed by atoms with E-state index in [9.17, 15) is 0 Å². The van der Waals surface area contributed by atoms with Crippen LogP contribution in [0.2, 0.25) is 0 Å². The number of rotatable bonds is 4. The molecule has 0 atom stereocenters. The van der Waals surface area contributed by atoms with Gasteiger partial charge < -0.3 is 14.2 Å². The number of hydrogen-bond acceptors (Lipinski definition) is 4. The zero-order chi connectivity index (χ0) is 9.68. The van der Waals surface area contributed by atoms with Crippen molar-refractivity contribution in [2.24, 2.45) is 0 Å². The Balaban J connectivity index is 2.98. The second-order valence-corrected chi connectivity index (χ2v) is 2.25. The Labute approximate surface area is 76.6 Å². The van der Waals surface area contributed by atoms with E-state index in [0.717, 1.165) is 6.40 Å². The van der Waals surface area contributed by atoms with Crippen molar-refractivity contribution in [2.75, 3.05) is 14.2 Å². The average Bonchev–Trinajstić information content (AvgIpc) is 2.18. The van der Waals surface area contributed by atoms with Crippen molar-refractivity contribution < 1.29 is 14.2 Å². The van der Waals surface area contributed by atoms with Gasteiger partial charge in [0.1, 0.15) is 5.75 Å².